The van der Waals surface area contributed by atoms with Crippen LogP contribution >= 0.6 is 11.6 Å². The average Bonchev–Trinajstić information content (AvgIpc) is 2.85. The lowest BCUT2D eigenvalue weighted by molar-refractivity contribution is -0.118. The number of nitrogens with one attached hydrogen (secondary N) is 1. The van der Waals surface area contributed by atoms with Crippen LogP contribution < -0.4 is 20.7 Å². The second kappa shape index (κ2) is 13.3. The fourth-order valence-corrected chi connectivity index (χ4v) is 4.33. The number of likely N-dealkylation sites (tertiary alicyclic amines) is 1. The molecule has 2 atom stereocenters. The van der Waals surface area contributed by atoms with E-state index in [1.54, 1.807) is 25.1 Å². The van der Waals surface area contributed by atoms with E-state index in [0.29, 0.717) is 35.0 Å². The van der Waals surface area contributed by atoms with E-state index in [9.17, 15) is 9.59 Å². The summed E-state index contributed by atoms with van der Waals surface area (Å²) in [6.45, 7) is 2.26. The molecule has 192 valence electrons. The number of methoxy groups -OCH3 is 2. The van der Waals surface area contributed by atoms with Crippen LogP contribution in [0.4, 0.5) is 11.4 Å². The molecule has 1 saturated heterocycles. The first kappa shape index (κ1) is 28.4. The van der Waals surface area contributed by atoms with Crippen LogP contribution in [0.25, 0.3) is 0 Å². The summed E-state index contributed by atoms with van der Waals surface area (Å²) in [4.78, 5) is 29.4. The fraction of sp³-hybridized carbons (Fsp3) is 0.440. The summed E-state index contributed by atoms with van der Waals surface area (Å²) in [6.07, 6.45) is 1.78. The van der Waals surface area contributed by atoms with E-state index in [4.69, 9.17) is 26.8 Å². The molecule has 0 spiro atoms. The summed E-state index contributed by atoms with van der Waals surface area (Å²) in [7, 11) is 4.93. The van der Waals surface area contributed by atoms with Gasteiger partial charge in [-0.2, -0.15) is 0 Å². The van der Waals surface area contributed by atoms with Crippen LogP contribution in [0.1, 0.15) is 29.6 Å². The van der Waals surface area contributed by atoms with E-state index in [1.807, 2.05) is 30.3 Å². The Labute approximate surface area is 211 Å². The lowest BCUT2D eigenvalue weighted by Crippen LogP contribution is -2.55. The second-order valence-electron chi connectivity index (χ2n) is 8.41. The molecule has 0 aliphatic carbocycles. The quantitative estimate of drug-likeness (QED) is 0.502. The van der Waals surface area contributed by atoms with Gasteiger partial charge in [0, 0.05) is 45.4 Å². The number of nitrogens with two attached hydrogens (primary N) is 1. The van der Waals surface area contributed by atoms with Crippen LogP contribution in [0.2, 0.25) is 5.02 Å². The normalized spacial score (nSPS) is 17.8. The first-order valence-corrected chi connectivity index (χ1v) is 11.7. The number of piperidine rings is 1. The molecule has 1 heterocycles. The van der Waals surface area contributed by atoms with Crippen LogP contribution in [-0.4, -0.2) is 75.2 Å². The lowest BCUT2D eigenvalue weighted by atomic mass is 10.0. The largest absolute Gasteiger partial charge is 0.496 e. The number of halogens is 1. The maximum absolute atomic E-state index is 12.9. The highest BCUT2D eigenvalue weighted by Crippen LogP contribution is 2.29. The minimum absolute atomic E-state index is 0. The Morgan fingerprint density at radius 1 is 1.23 bits per heavy atom. The molecule has 1 fully saturated rings. The highest BCUT2D eigenvalue weighted by Gasteiger charge is 2.31. The second-order valence-corrected chi connectivity index (χ2v) is 8.82. The van der Waals surface area contributed by atoms with Crippen LogP contribution in [0.5, 0.6) is 5.75 Å². The van der Waals surface area contributed by atoms with Crippen molar-refractivity contribution in [2.75, 3.05) is 51.5 Å². The Morgan fingerprint density at radius 2 is 1.94 bits per heavy atom. The van der Waals surface area contributed by atoms with E-state index in [2.05, 4.69) is 10.2 Å². The number of nitrogens with zero attached hydrogens (tertiary/aromatic N) is 2. The number of carbonyl (C=O) groups excluding carboxylic acids is 2. The van der Waals surface area contributed by atoms with Crippen molar-refractivity contribution in [1.82, 2.24) is 10.2 Å². The van der Waals surface area contributed by atoms with Crippen molar-refractivity contribution in [3.05, 3.63) is 53.1 Å². The van der Waals surface area contributed by atoms with Crippen LogP contribution in [0.3, 0.4) is 0 Å². The third kappa shape index (κ3) is 7.32. The molecule has 0 saturated carbocycles. The number of ether oxygens (including phenoxy) is 2. The van der Waals surface area contributed by atoms with Gasteiger partial charge in [-0.15, -0.1) is 0 Å². The molecular formula is C25H35ClN4O5. The molecule has 3 rings (SSSR count). The molecule has 5 N–H and O–H groups in total. The van der Waals surface area contributed by atoms with Crippen molar-refractivity contribution in [2.45, 2.75) is 31.4 Å². The molecule has 1 aliphatic heterocycles. The Morgan fingerprint density at radius 3 is 2.60 bits per heavy atom. The molecule has 2 unspecified atom stereocenters. The van der Waals surface area contributed by atoms with Gasteiger partial charge in [0.25, 0.3) is 5.91 Å². The van der Waals surface area contributed by atoms with E-state index in [0.717, 1.165) is 31.6 Å². The zero-order valence-electron chi connectivity index (χ0n) is 20.4. The van der Waals surface area contributed by atoms with Crippen molar-refractivity contribution in [3.8, 4) is 5.75 Å². The maximum Gasteiger partial charge on any atom is 0.255 e. The van der Waals surface area contributed by atoms with Gasteiger partial charge in [-0.05, 0) is 37.6 Å². The third-order valence-electron chi connectivity index (χ3n) is 6.21. The monoisotopic (exact) mass is 506 g/mol. The summed E-state index contributed by atoms with van der Waals surface area (Å²) in [6, 6.07) is 12.5. The molecule has 2 aromatic carbocycles. The molecule has 1 aliphatic rings. The number of hydrogen-bond acceptors (Lipinski definition) is 6. The van der Waals surface area contributed by atoms with Gasteiger partial charge in [0.1, 0.15) is 5.75 Å². The standard InChI is InChI=1S/C25H33ClN4O4.H2O/c1-29(17-8-5-4-6-9-17)24(31)10-7-12-30-13-11-21(23(16-30)34-3)28-25(32)18-14-19(26)20(27)15-22(18)33-2;/h4-6,8-9,14-15,21,23H,7,10-13,16,27H2,1-3H3,(H,28,32);1H2. The first-order chi connectivity index (χ1) is 16.3. The van der Waals surface area contributed by atoms with Gasteiger partial charge in [-0.25, -0.2) is 0 Å². The molecular weight excluding hydrogens is 472 g/mol. The number of amides is 2. The number of anilines is 2. The van der Waals surface area contributed by atoms with Crippen molar-refractivity contribution >= 4 is 34.8 Å². The fourth-order valence-electron chi connectivity index (χ4n) is 4.17. The Hall–Kier alpha value is -2.85. The molecule has 2 amide bonds. The van der Waals surface area contributed by atoms with Crippen molar-refractivity contribution in [1.29, 1.82) is 0 Å². The van der Waals surface area contributed by atoms with E-state index in [-0.39, 0.29) is 29.4 Å². The highest BCUT2D eigenvalue weighted by atomic mass is 35.5. The zero-order valence-corrected chi connectivity index (χ0v) is 21.2. The molecule has 0 radical (unpaired) electrons. The SMILES string of the molecule is COc1cc(N)c(Cl)cc1C(=O)NC1CCN(CCCC(=O)N(C)c2ccccc2)CC1OC.O. The summed E-state index contributed by atoms with van der Waals surface area (Å²) < 4.78 is 11.0. The predicted molar refractivity (Wildman–Crippen MR) is 138 cm³/mol. The number of para-hydroxylation sites is 1. The van der Waals surface area contributed by atoms with Crippen molar-refractivity contribution in [2.24, 2.45) is 0 Å². The minimum atomic E-state index is -0.284. The molecule has 0 aromatic heterocycles. The molecule has 35 heavy (non-hydrogen) atoms. The topological polar surface area (TPSA) is 129 Å². The third-order valence-corrected chi connectivity index (χ3v) is 6.54. The number of rotatable bonds is 9. The Kier molecular flexibility index (Phi) is 10.8. The van der Waals surface area contributed by atoms with Gasteiger partial charge < -0.3 is 35.8 Å². The smallest absolute Gasteiger partial charge is 0.255 e. The van der Waals surface area contributed by atoms with Gasteiger partial charge in [0.2, 0.25) is 5.91 Å². The first-order valence-electron chi connectivity index (χ1n) is 11.3. The predicted octanol–water partition coefficient (Wildman–Crippen LogP) is 2.37. The lowest BCUT2D eigenvalue weighted by Gasteiger charge is -2.38. The van der Waals surface area contributed by atoms with Gasteiger partial charge >= 0.3 is 0 Å². The summed E-state index contributed by atoms with van der Waals surface area (Å²) >= 11 is 6.11. The highest BCUT2D eigenvalue weighted by molar-refractivity contribution is 6.33. The summed E-state index contributed by atoms with van der Waals surface area (Å²) in [5.41, 5.74) is 7.40. The van der Waals surface area contributed by atoms with E-state index < -0.39 is 0 Å². The molecule has 0 bridgehead atoms. The van der Waals surface area contributed by atoms with E-state index in [1.165, 1.54) is 13.2 Å². The zero-order chi connectivity index (χ0) is 24.7. The van der Waals surface area contributed by atoms with Gasteiger partial charge in [-0.1, -0.05) is 29.8 Å². The van der Waals surface area contributed by atoms with Gasteiger partial charge in [0.05, 0.1) is 35.5 Å². The molecule has 10 heteroatoms. The minimum Gasteiger partial charge on any atom is -0.496 e. The number of nitrogen functional groups attached to an aromatic ring is 1. The average molecular weight is 507 g/mol. The Balaban J connectivity index is 0.00000432. The van der Waals surface area contributed by atoms with Gasteiger partial charge in [0.15, 0.2) is 0 Å². The number of hydrogen-bond donors (Lipinski definition) is 2. The number of benzene rings is 2. The Bertz CT molecular complexity index is 991. The van der Waals surface area contributed by atoms with Crippen molar-refractivity contribution < 1.29 is 24.5 Å². The molecule has 2 aromatic rings. The van der Waals surface area contributed by atoms with E-state index >= 15 is 0 Å². The van der Waals surface area contributed by atoms with Gasteiger partial charge in [-0.3, -0.25) is 9.59 Å². The number of carbonyl (C=O) groups is 2. The maximum atomic E-state index is 12.9. The van der Waals surface area contributed by atoms with Crippen LogP contribution in [0.15, 0.2) is 42.5 Å². The van der Waals surface area contributed by atoms with Crippen molar-refractivity contribution in [3.63, 3.8) is 0 Å². The summed E-state index contributed by atoms with van der Waals surface area (Å²) in [5.74, 6) is 0.178. The van der Waals surface area contributed by atoms with Crippen LogP contribution in [-0.2, 0) is 9.53 Å². The van der Waals surface area contributed by atoms with Crippen LogP contribution in [0, 0.1) is 0 Å². The summed E-state index contributed by atoms with van der Waals surface area (Å²) in [5, 5.41) is 3.36. The molecule has 9 nitrogen and oxygen atoms in total.